The van der Waals surface area contributed by atoms with Gasteiger partial charge in [-0.3, -0.25) is 4.79 Å². The van der Waals surface area contributed by atoms with Gasteiger partial charge in [-0.25, -0.2) is 0 Å². The zero-order chi connectivity index (χ0) is 13.4. The molecule has 0 spiro atoms. The predicted molar refractivity (Wildman–Crippen MR) is 72.4 cm³/mol. The molecule has 1 aromatic carbocycles. The Morgan fingerprint density at radius 3 is 2.22 bits per heavy atom. The van der Waals surface area contributed by atoms with Crippen LogP contribution in [0.5, 0.6) is 0 Å². The summed E-state index contributed by atoms with van der Waals surface area (Å²) in [6.07, 6.45) is 0.842. The van der Waals surface area contributed by atoms with E-state index in [0.29, 0.717) is 12.1 Å². The molecule has 1 aliphatic rings. The van der Waals surface area contributed by atoms with Crippen molar-refractivity contribution in [3.8, 4) is 0 Å². The molecule has 1 aliphatic heterocycles. The molecule has 0 atom stereocenters. The number of hydrogen-bond acceptors (Lipinski definition) is 3. The minimum Gasteiger partial charge on any atom is -0.421 e. The minimum atomic E-state index is -0.348. The van der Waals surface area contributed by atoms with Crippen LogP contribution in [0.4, 0.5) is 0 Å². The van der Waals surface area contributed by atoms with Crippen molar-refractivity contribution < 1.29 is 14.2 Å². The Balaban J connectivity index is 2.18. The maximum absolute atomic E-state index is 10.6. The Morgan fingerprint density at radius 2 is 1.72 bits per heavy atom. The van der Waals surface area contributed by atoms with Crippen molar-refractivity contribution in [2.45, 2.75) is 38.9 Å². The fourth-order valence-corrected chi connectivity index (χ4v) is 1.94. The second-order valence-corrected chi connectivity index (χ2v) is 5.72. The second-order valence-electron chi connectivity index (χ2n) is 5.72. The van der Waals surface area contributed by atoms with Crippen LogP contribution in [0.1, 0.15) is 38.1 Å². The van der Waals surface area contributed by atoms with Gasteiger partial charge >= 0.3 is 6.92 Å². The van der Waals surface area contributed by atoms with E-state index in [9.17, 15) is 4.79 Å². The van der Waals surface area contributed by atoms with Gasteiger partial charge in [-0.2, -0.15) is 0 Å². The first-order chi connectivity index (χ1) is 8.36. The van der Waals surface area contributed by atoms with Crippen molar-refractivity contribution in [2.75, 3.05) is 6.51 Å². The van der Waals surface area contributed by atoms with E-state index in [-0.39, 0.29) is 18.1 Å². The summed E-state index contributed by atoms with van der Waals surface area (Å²) >= 11 is 0. The highest BCUT2D eigenvalue weighted by atomic mass is 16.6. The molecule has 0 saturated carbocycles. The molecule has 0 bridgehead atoms. The van der Waals surface area contributed by atoms with Crippen LogP contribution >= 0.6 is 0 Å². The highest BCUT2D eigenvalue weighted by Gasteiger charge is 2.46. The summed E-state index contributed by atoms with van der Waals surface area (Å²) in [6.45, 7) is 8.63. The molecule has 1 heterocycles. The molecule has 0 amide bonds. The number of ether oxygens (including phenoxy) is 1. The normalized spacial score (nSPS) is 21.7. The highest BCUT2D eigenvalue weighted by molar-refractivity contribution is 6.67. The van der Waals surface area contributed by atoms with Crippen molar-refractivity contribution in [2.24, 2.45) is 0 Å². The molecule has 0 radical (unpaired) electrons. The Labute approximate surface area is 109 Å². The van der Waals surface area contributed by atoms with Gasteiger partial charge in [-0.05, 0) is 33.2 Å². The van der Waals surface area contributed by atoms with E-state index < -0.39 is 0 Å². The van der Waals surface area contributed by atoms with Crippen molar-refractivity contribution in [3.63, 3.8) is 0 Å². The number of carbonyl (C=O) groups excluding carboxylic acids is 1. The summed E-state index contributed by atoms with van der Waals surface area (Å²) in [5, 5.41) is 0. The highest BCUT2D eigenvalue weighted by Crippen LogP contribution is 2.33. The minimum absolute atomic E-state index is 0.0753. The lowest BCUT2D eigenvalue weighted by molar-refractivity contribution is -0.152. The number of rotatable bonds is 2. The summed E-state index contributed by atoms with van der Waals surface area (Å²) in [4.78, 5) is 10.6. The van der Waals surface area contributed by atoms with Crippen LogP contribution in [0.15, 0.2) is 24.3 Å². The third kappa shape index (κ3) is 2.35. The summed E-state index contributed by atoms with van der Waals surface area (Å²) in [6, 6.07) is 7.45. The summed E-state index contributed by atoms with van der Waals surface area (Å²) in [7, 11) is 0. The second kappa shape index (κ2) is 4.52. The molecule has 1 fully saturated rings. The standard InChI is InChI=1S/C14H19BO3/c1-13(2)14(3,4)18-15(10-17-13)12-7-5-11(9-16)6-8-12/h5-9H,10H2,1-4H3. The molecule has 96 valence electrons. The molecule has 2 rings (SSSR count). The van der Waals surface area contributed by atoms with E-state index in [1.165, 1.54) is 0 Å². The monoisotopic (exact) mass is 246 g/mol. The van der Waals surface area contributed by atoms with Crippen LogP contribution in [0.25, 0.3) is 0 Å². The first-order valence-electron chi connectivity index (χ1n) is 6.23. The van der Waals surface area contributed by atoms with Gasteiger partial charge in [-0.15, -0.1) is 0 Å². The third-order valence-corrected chi connectivity index (χ3v) is 3.93. The lowest BCUT2D eigenvalue weighted by Crippen LogP contribution is -2.61. The molecule has 0 aliphatic carbocycles. The zero-order valence-electron chi connectivity index (χ0n) is 11.4. The van der Waals surface area contributed by atoms with Gasteiger partial charge in [0.1, 0.15) is 6.29 Å². The van der Waals surface area contributed by atoms with Crippen molar-refractivity contribution in [1.82, 2.24) is 0 Å². The molecular weight excluding hydrogens is 227 g/mol. The van der Waals surface area contributed by atoms with Gasteiger partial charge in [0.2, 0.25) is 0 Å². The number of benzene rings is 1. The maximum atomic E-state index is 10.6. The van der Waals surface area contributed by atoms with Crippen molar-refractivity contribution in [1.29, 1.82) is 0 Å². The largest absolute Gasteiger partial charge is 0.421 e. The Morgan fingerprint density at radius 1 is 1.11 bits per heavy atom. The predicted octanol–water partition coefficient (Wildman–Crippen LogP) is 1.84. The molecular formula is C14H19BO3. The third-order valence-electron chi connectivity index (χ3n) is 3.93. The first-order valence-corrected chi connectivity index (χ1v) is 6.23. The van der Waals surface area contributed by atoms with E-state index in [2.05, 4.69) is 0 Å². The van der Waals surface area contributed by atoms with E-state index in [0.717, 1.165) is 11.7 Å². The zero-order valence-corrected chi connectivity index (χ0v) is 11.4. The molecule has 4 heteroatoms. The Hall–Kier alpha value is -1.13. The average molecular weight is 246 g/mol. The topological polar surface area (TPSA) is 35.5 Å². The summed E-state index contributed by atoms with van der Waals surface area (Å²) in [5.74, 6) is 0. The fourth-order valence-electron chi connectivity index (χ4n) is 1.94. The maximum Gasteiger partial charge on any atom is 0.354 e. The number of aldehydes is 1. The quantitative estimate of drug-likeness (QED) is 0.590. The lowest BCUT2D eigenvalue weighted by Gasteiger charge is -2.47. The summed E-state index contributed by atoms with van der Waals surface area (Å²) < 4.78 is 12.0. The lowest BCUT2D eigenvalue weighted by atomic mass is 9.59. The molecule has 1 aromatic rings. The van der Waals surface area contributed by atoms with Gasteiger partial charge in [0.05, 0.1) is 17.7 Å². The van der Waals surface area contributed by atoms with Gasteiger partial charge in [0, 0.05) is 5.56 Å². The Kier molecular flexibility index (Phi) is 3.34. The van der Waals surface area contributed by atoms with Crippen LogP contribution < -0.4 is 5.46 Å². The molecule has 1 saturated heterocycles. The average Bonchev–Trinajstić information content (AvgIpc) is 2.33. The Bertz CT molecular complexity index is 437. The van der Waals surface area contributed by atoms with E-state index in [1.807, 2.05) is 39.8 Å². The van der Waals surface area contributed by atoms with Gasteiger partial charge in [0.15, 0.2) is 0 Å². The first kappa shape index (κ1) is 13.3. The van der Waals surface area contributed by atoms with Gasteiger partial charge in [0.25, 0.3) is 0 Å². The van der Waals surface area contributed by atoms with Gasteiger partial charge < -0.3 is 9.39 Å². The van der Waals surface area contributed by atoms with E-state index in [4.69, 9.17) is 9.39 Å². The van der Waals surface area contributed by atoms with Crippen LogP contribution in [0.3, 0.4) is 0 Å². The molecule has 0 N–H and O–H groups in total. The fraction of sp³-hybridized carbons (Fsp3) is 0.500. The van der Waals surface area contributed by atoms with Crippen LogP contribution in [0, 0.1) is 0 Å². The van der Waals surface area contributed by atoms with E-state index >= 15 is 0 Å². The van der Waals surface area contributed by atoms with Crippen molar-refractivity contribution in [3.05, 3.63) is 29.8 Å². The van der Waals surface area contributed by atoms with Crippen LogP contribution in [-0.2, 0) is 9.39 Å². The molecule has 18 heavy (non-hydrogen) atoms. The number of hydrogen-bond donors (Lipinski definition) is 0. The van der Waals surface area contributed by atoms with Gasteiger partial charge in [-0.1, -0.05) is 24.3 Å². The smallest absolute Gasteiger partial charge is 0.354 e. The SMILES string of the molecule is CC1(C)OCB(c2ccc(C=O)cc2)OC1(C)C. The van der Waals surface area contributed by atoms with Crippen LogP contribution in [-0.4, -0.2) is 30.9 Å². The van der Waals surface area contributed by atoms with E-state index in [1.54, 1.807) is 12.1 Å². The molecule has 3 nitrogen and oxygen atoms in total. The van der Waals surface area contributed by atoms with Crippen LogP contribution in [0.2, 0.25) is 0 Å². The van der Waals surface area contributed by atoms with Crippen molar-refractivity contribution >= 4 is 18.7 Å². The molecule has 0 aromatic heterocycles. The summed E-state index contributed by atoms with van der Waals surface area (Å²) in [5.41, 5.74) is 1.07. The number of carbonyl (C=O) groups is 1. The molecule has 0 unspecified atom stereocenters.